The van der Waals surface area contributed by atoms with E-state index in [4.69, 9.17) is 10.5 Å². The van der Waals surface area contributed by atoms with E-state index >= 15 is 0 Å². The Hall–Kier alpha value is -3.12. The highest BCUT2D eigenvalue weighted by Gasteiger charge is 2.42. The highest BCUT2D eigenvalue weighted by atomic mass is 32.2. The lowest BCUT2D eigenvalue weighted by molar-refractivity contribution is -0.123. The molecule has 4 fully saturated rings. The summed E-state index contributed by atoms with van der Waals surface area (Å²) in [6.45, 7) is 9.24. The normalized spacial score (nSPS) is 26.2. The van der Waals surface area contributed by atoms with Crippen LogP contribution < -0.4 is 32.3 Å². The number of hydrogen-bond donors (Lipinski definition) is 6. The molecule has 6 rings (SSSR count). The van der Waals surface area contributed by atoms with E-state index in [1.54, 1.807) is 0 Å². The predicted octanol–water partition coefficient (Wildman–Crippen LogP) is 6.31. The molecular formula is C44H66N6O4S. The molecule has 55 heavy (non-hydrogen) atoms. The molecule has 2 aliphatic carbocycles. The zero-order valence-corrected chi connectivity index (χ0v) is 34.4. The third-order valence-electron chi connectivity index (χ3n) is 12.1. The summed E-state index contributed by atoms with van der Waals surface area (Å²) < 4.78 is 6.23. The first-order valence-electron chi connectivity index (χ1n) is 20.9. The third-order valence-corrected chi connectivity index (χ3v) is 13.6. The van der Waals surface area contributed by atoms with Crippen molar-refractivity contribution >= 4 is 29.6 Å². The first-order chi connectivity index (χ1) is 26.3. The number of unbranched alkanes of at least 4 members (excludes halogenated alkanes) is 1. The second-order valence-corrected chi connectivity index (χ2v) is 19.1. The van der Waals surface area contributed by atoms with Crippen molar-refractivity contribution in [1.82, 2.24) is 26.6 Å². The molecule has 11 heteroatoms. The lowest BCUT2D eigenvalue weighted by Gasteiger charge is -2.30. The number of benzene rings is 2. The van der Waals surface area contributed by atoms with Crippen LogP contribution in [0.2, 0.25) is 0 Å². The SMILES string of the molecule is CC(C)(CCOC(C)(C)CCNC(=O)CCc1cccc(-c2ccc([C@@H]3C[C@H]3N[C@H]3CC[C@H](N)CC3)cc2)c1)NC(=O)CCCC[C@@H]1SC[C@@H]2NC(=O)N[C@@H]21. The second-order valence-electron chi connectivity index (χ2n) is 17.8. The molecule has 0 unspecified atom stereocenters. The Morgan fingerprint density at radius 2 is 1.71 bits per heavy atom. The van der Waals surface area contributed by atoms with Crippen molar-refractivity contribution in [3.05, 3.63) is 59.7 Å². The number of nitrogens with one attached hydrogen (secondary N) is 5. The summed E-state index contributed by atoms with van der Waals surface area (Å²) in [6, 6.07) is 19.6. The average Bonchev–Trinajstić information content (AvgIpc) is 3.67. The average molecular weight is 775 g/mol. The van der Waals surface area contributed by atoms with Gasteiger partial charge in [-0.15, -0.1) is 0 Å². The van der Waals surface area contributed by atoms with Gasteiger partial charge in [-0.1, -0.05) is 55.0 Å². The van der Waals surface area contributed by atoms with Crippen molar-refractivity contribution in [3.8, 4) is 11.1 Å². The van der Waals surface area contributed by atoms with E-state index in [2.05, 4.69) is 89.0 Å². The summed E-state index contributed by atoms with van der Waals surface area (Å²) in [5.74, 6) is 1.68. The van der Waals surface area contributed by atoms with E-state index in [1.165, 1.54) is 36.0 Å². The van der Waals surface area contributed by atoms with Crippen molar-refractivity contribution in [2.75, 3.05) is 18.9 Å². The molecule has 2 saturated carbocycles. The highest BCUT2D eigenvalue weighted by Crippen LogP contribution is 2.42. The molecule has 2 saturated heterocycles. The summed E-state index contributed by atoms with van der Waals surface area (Å²) in [6.07, 6.45) is 11.7. The van der Waals surface area contributed by atoms with Gasteiger partial charge in [-0.2, -0.15) is 11.8 Å². The van der Waals surface area contributed by atoms with Gasteiger partial charge in [-0.25, -0.2) is 4.79 Å². The molecule has 0 spiro atoms. The minimum absolute atomic E-state index is 0.0478. The number of hydrogen-bond acceptors (Lipinski definition) is 7. The van der Waals surface area contributed by atoms with Gasteiger partial charge in [-0.3, -0.25) is 9.59 Å². The summed E-state index contributed by atoms with van der Waals surface area (Å²) >= 11 is 1.91. The lowest BCUT2D eigenvalue weighted by atomic mass is 9.91. The summed E-state index contributed by atoms with van der Waals surface area (Å²) in [5.41, 5.74) is 10.3. The molecule has 2 aliphatic heterocycles. The fourth-order valence-electron chi connectivity index (χ4n) is 8.45. The number of amides is 4. The van der Waals surface area contributed by atoms with Crippen molar-refractivity contribution in [3.63, 3.8) is 0 Å². The molecule has 4 amide bonds. The number of thioether (sulfide) groups is 1. The minimum atomic E-state index is -0.399. The van der Waals surface area contributed by atoms with Gasteiger partial charge in [0, 0.05) is 66.6 Å². The number of carbonyl (C=O) groups is 3. The van der Waals surface area contributed by atoms with Crippen LogP contribution in [0.5, 0.6) is 0 Å². The van der Waals surface area contributed by atoms with E-state index in [0.29, 0.717) is 74.5 Å². The van der Waals surface area contributed by atoms with Gasteiger partial charge in [0.25, 0.3) is 0 Å². The van der Waals surface area contributed by atoms with Gasteiger partial charge in [0.1, 0.15) is 0 Å². The molecular weight excluding hydrogens is 709 g/mol. The van der Waals surface area contributed by atoms with Gasteiger partial charge in [0.15, 0.2) is 0 Å². The molecule has 2 aromatic carbocycles. The number of urea groups is 1. The van der Waals surface area contributed by atoms with Crippen LogP contribution in [0.25, 0.3) is 11.1 Å². The summed E-state index contributed by atoms with van der Waals surface area (Å²) in [4.78, 5) is 37.1. The van der Waals surface area contributed by atoms with E-state index in [-0.39, 0.29) is 35.5 Å². The molecule has 2 aromatic rings. The van der Waals surface area contributed by atoms with Crippen LogP contribution >= 0.6 is 11.8 Å². The maximum atomic E-state index is 12.8. The Kier molecular flexibility index (Phi) is 14.3. The van der Waals surface area contributed by atoms with E-state index in [1.807, 2.05) is 25.6 Å². The summed E-state index contributed by atoms with van der Waals surface area (Å²) in [7, 11) is 0. The monoisotopic (exact) mass is 774 g/mol. The van der Waals surface area contributed by atoms with Crippen molar-refractivity contribution in [1.29, 1.82) is 0 Å². The van der Waals surface area contributed by atoms with Crippen LogP contribution in [0.3, 0.4) is 0 Å². The quantitative estimate of drug-likeness (QED) is 0.0683. The van der Waals surface area contributed by atoms with Crippen molar-refractivity contribution in [2.24, 2.45) is 5.73 Å². The molecule has 5 atom stereocenters. The van der Waals surface area contributed by atoms with E-state index in [9.17, 15) is 14.4 Å². The standard InChI is InChI=1S/C44H66N6O4S/c1-43(2,50-40(52)11-6-5-10-38-41-37(28-55-38)48-42(53)49-41)23-25-54-44(3,4)22-24-46-39(51)21-12-29-8-7-9-32(26-29)30-13-15-31(16-14-30)35-27-36(35)47-34-19-17-33(45)18-20-34/h7-9,13-16,26,33-38,41,47H,5-6,10-12,17-25,27-28,45H2,1-4H3,(H,46,51)(H,50,52)(H2,48,49,53)/t33-,34-,35-,36+,37-,38-,41-/m0/s1. The molecule has 10 nitrogen and oxygen atoms in total. The highest BCUT2D eigenvalue weighted by molar-refractivity contribution is 8.00. The van der Waals surface area contributed by atoms with Gasteiger partial charge in [-0.05, 0) is 114 Å². The lowest BCUT2D eigenvalue weighted by Crippen LogP contribution is -2.44. The predicted molar refractivity (Wildman–Crippen MR) is 223 cm³/mol. The maximum absolute atomic E-state index is 12.8. The Labute approximate surface area is 333 Å². The van der Waals surface area contributed by atoms with Crippen LogP contribution in [-0.2, 0) is 20.7 Å². The number of carbonyl (C=O) groups excluding carboxylic acids is 3. The van der Waals surface area contributed by atoms with Crippen molar-refractivity contribution < 1.29 is 19.1 Å². The molecule has 2 heterocycles. The molecule has 4 aliphatic rings. The van der Waals surface area contributed by atoms with Crippen LogP contribution in [0.15, 0.2) is 48.5 Å². The zero-order valence-electron chi connectivity index (χ0n) is 33.6. The number of ether oxygens (including phenoxy) is 1. The Bertz CT molecular complexity index is 1590. The van der Waals surface area contributed by atoms with Crippen LogP contribution in [-0.4, -0.2) is 83.3 Å². The maximum Gasteiger partial charge on any atom is 0.315 e. The number of nitrogens with two attached hydrogens (primary N) is 1. The Balaban J connectivity index is 0.821. The molecule has 302 valence electrons. The third kappa shape index (κ3) is 12.7. The van der Waals surface area contributed by atoms with Crippen LogP contribution in [0.1, 0.15) is 122 Å². The van der Waals surface area contributed by atoms with Gasteiger partial charge in [0.05, 0.1) is 17.7 Å². The number of fused-ring (bicyclic) bond motifs is 1. The summed E-state index contributed by atoms with van der Waals surface area (Å²) in [5, 5.41) is 16.6. The fraction of sp³-hybridized carbons (Fsp3) is 0.659. The van der Waals surface area contributed by atoms with Gasteiger partial charge in [0.2, 0.25) is 11.8 Å². The largest absolute Gasteiger partial charge is 0.375 e. The number of aryl methyl sites for hydroxylation is 1. The molecule has 0 bridgehead atoms. The number of rotatable bonds is 20. The minimum Gasteiger partial charge on any atom is -0.375 e. The molecule has 7 N–H and O–H groups in total. The van der Waals surface area contributed by atoms with E-state index in [0.717, 1.165) is 43.4 Å². The van der Waals surface area contributed by atoms with Crippen LogP contribution in [0.4, 0.5) is 4.79 Å². The smallest absolute Gasteiger partial charge is 0.315 e. The Morgan fingerprint density at radius 3 is 2.49 bits per heavy atom. The van der Waals surface area contributed by atoms with Gasteiger partial charge >= 0.3 is 6.03 Å². The van der Waals surface area contributed by atoms with Crippen molar-refractivity contribution in [2.45, 2.75) is 164 Å². The second kappa shape index (κ2) is 18.9. The van der Waals surface area contributed by atoms with Gasteiger partial charge < -0.3 is 37.1 Å². The molecule has 0 radical (unpaired) electrons. The van der Waals surface area contributed by atoms with Crippen LogP contribution in [0, 0.1) is 0 Å². The first kappa shape index (κ1) is 41.5. The topological polar surface area (TPSA) is 147 Å². The Morgan fingerprint density at radius 1 is 0.927 bits per heavy atom. The first-order valence-corrected chi connectivity index (χ1v) is 22.0. The zero-order chi connectivity index (χ0) is 39.0. The van der Waals surface area contributed by atoms with E-state index < -0.39 is 5.60 Å². The molecule has 0 aromatic heterocycles. The fourth-order valence-corrected chi connectivity index (χ4v) is 9.99.